The van der Waals surface area contributed by atoms with Gasteiger partial charge in [-0.1, -0.05) is 11.6 Å². The predicted octanol–water partition coefficient (Wildman–Crippen LogP) is 2.89. The van der Waals surface area contributed by atoms with E-state index in [1.807, 2.05) is 13.8 Å². The maximum absolute atomic E-state index is 12.5. The molecule has 4 nitrogen and oxygen atoms in total. The molecule has 1 aromatic rings. The largest absolute Gasteiger partial charge is 0.481 e. The summed E-state index contributed by atoms with van der Waals surface area (Å²) >= 11 is 6.14. The standard InChI is InChI=1S/C15H18ClNO3/c1-9-6-11(12(16)7-10(9)2)13(18)17-5-4-15(3,8-17)14(19)20/h6-7H,4-5,8H2,1-3H3,(H,19,20). The van der Waals surface area contributed by atoms with Gasteiger partial charge in [-0.3, -0.25) is 9.59 Å². The van der Waals surface area contributed by atoms with Crippen LogP contribution in [0.5, 0.6) is 0 Å². The molecule has 1 N–H and O–H groups in total. The number of carboxylic acids is 1. The molecular formula is C15H18ClNO3. The Bertz CT molecular complexity index is 585. The quantitative estimate of drug-likeness (QED) is 0.912. The monoisotopic (exact) mass is 295 g/mol. The van der Waals surface area contributed by atoms with Gasteiger partial charge in [-0.2, -0.15) is 0 Å². The topological polar surface area (TPSA) is 57.6 Å². The molecule has 0 saturated carbocycles. The Morgan fingerprint density at radius 1 is 1.30 bits per heavy atom. The Hall–Kier alpha value is -1.55. The van der Waals surface area contributed by atoms with E-state index in [9.17, 15) is 14.7 Å². The van der Waals surface area contributed by atoms with Crippen LogP contribution in [0, 0.1) is 19.3 Å². The summed E-state index contributed by atoms with van der Waals surface area (Å²) in [5, 5.41) is 9.63. The van der Waals surface area contributed by atoms with Crippen LogP contribution in [0.1, 0.15) is 34.8 Å². The van der Waals surface area contributed by atoms with Crippen LogP contribution in [0.3, 0.4) is 0 Å². The lowest BCUT2D eigenvalue weighted by Crippen LogP contribution is -2.35. The van der Waals surface area contributed by atoms with Crippen molar-refractivity contribution in [2.24, 2.45) is 5.41 Å². The van der Waals surface area contributed by atoms with Crippen molar-refractivity contribution < 1.29 is 14.7 Å². The Balaban J connectivity index is 2.26. The average Bonchev–Trinajstić information content (AvgIpc) is 2.77. The van der Waals surface area contributed by atoms with Gasteiger partial charge in [-0.25, -0.2) is 0 Å². The molecule has 1 amide bonds. The van der Waals surface area contributed by atoms with Gasteiger partial charge in [0.1, 0.15) is 0 Å². The van der Waals surface area contributed by atoms with Gasteiger partial charge in [0.15, 0.2) is 0 Å². The normalized spacial score (nSPS) is 22.1. The first kappa shape index (κ1) is 14.9. The van der Waals surface area contributed by atoms with E-state index in [1.54, 1.807) is 24.0 Å². The molecule has 1 heterocycles. The van der Waals surface area contributed by atoms with Crippen molar-refractivity contribution in [2.45, 2.75) is 27.2 Å². The van der Waals surface area contributed by atoms with E-state index < -0.39 is 11.4 Å². The van der Waals surface area contributed by atoms with E-state index >= 15 is 0 Å². The zero-order valence-corrected chi connectivity index (χ0v) is 12.6. The maximum Gasteiger partial charge on any atom is 0.311 e. The lowest BCUT2D eigenvalue weighted by atomic mass is 9.90. The zero-order valence-electron chi connectivity index (χ0n) is 11.9. The van der Waals surface area contributed by atoms with Crippen LogP contribution in [-0.2, 0) is 4.79 Å². The van der Waals surface area contributed by atoms with E-state index in [0.29, 0.717) is 23.6 Å². The number of benzene rings is 1. The number of nitrogens with zero attached hydrogens (tertiary/aromatic N) is 1. The molecule has 1 fully saturated rings. The number of rotatable bonds is 2. The van der Waals surface area contributed by atoms with Crippen molar-refractivity contribution in [3.63, 3.8) is 0 Å². The third kappa shape index (κ3) is 2.52. The van der Waals surface area contributed by atoms with Crippen molar-refractivity contribution in [3.8, 4) is 0 Å². The number of aliphatic carboxylic acids is 1. The molecule has 0 aliphatic carbocycles. The lowest BCUT2D eigenvalue weighted by Gasteiger charge is -2.21. The Labute approximate surface area is 123 Å². The van der Waals surface area contributed by atoms with Crippen molar-refractivity contribution in [1.29, 1.82) is 0 Å². The molecule has 0 bridgehead atoms. The second kappa shape index (κ2) is 5.09. The Morgan fingerprint density at radius 3 is 2.45 bits per heavy atom. The van der Waals surface area contributed by atoms with Crippen LogP contribution in [0.25, 0.3) is 0 Å². The maximum atomic E-state index is 12.5. The zero-order chi connectivity index (χ0) is 15.1. The number of carboxylic acid groups (broad SMARTS) is 1. The highest BCUT2D eigenvalue weighted by atomic mass is 35.5. The molecule has 1 aliphatic heterocycles. The van der Waals surface area contributed by atoms with Gasteiger partial charge in [-0.05, 0) is 50.5 Å². The molecule has 1 aromatic carbocycles. The summed E-state index contributed by atoms with van der Waals surface area (Å²) < 4.78 is 0. The SMILES string of the molecule is Cc1cc(Cl)c(C(=O)N2CCC(C)(C(=O)O)C2)cc1C. The smallest absolute Gasteiger partial charge is 0.311 e. The molecule has 5 heteroatoms. The minimum absolute atomic E-state index is 0.192. The van der Waals surface area contributed by atoms with Crippen molar-refractivity contribution >= 4 is 23.5 Å². The fraction of sp³-hybridized carbons (Fsp3) is 0.467. The molecule has 0 aromatic heterocycles. The number of aryl methyl sites for hydroxylation is 2. The number of hydrogen-bond donors (Lipinski definition) is 1. The van der Waals surface area contributed by atoms with Crippen LogP contribution in [0.4, 0.5) is 0 Å². The second-order valence-corrected chi connectivity index (χ2v) is 6.17. The number of halogens is 1. The fourth-order valence-corrected chi connectivity index (χ4v) is 2.72. The molecule has 1 atom stereocenters. The summed E-state index contributed by atoms with van der Waals surface area (Å²) in [4.78, 5) is 25.3. The highest BCUT2D eigenvalue weighted by molar-refractivity contribution is 6.34. The van der Waals surface area contributed by atoms with Crippen LogP contribution in [-0.4, -0.2) is 35.0 Å². The van der Waals surface area contributed by atoms with Crippen molar-refractivity contribution in [1.82, 2.24) is 4.90 Å². The molecule has 20 heavy (non-hydrogen) atoms. The number of amides is 1. The first-order chi connectivity index (χ1) is 9.24. The highest BCUT2D eigenvalue weighted by Gasteiger charge is 2.42. The molecule has 1 saturated heterocycles. The molecule has 1 unspecified atom stereocenters. The molecule has 0 radical (unpaired) electrons. The van der Waals surface area contributed by atoms with Gasteiger partial charge in [0.2, 0.25) is 0 Å². The minimum Gasteiger partial charge on any atom is -0.481 e. The predicted molar refractivity (Wildman–Crippen MR) is 77.2 cm³/mol. The first-order valence-corrected chi connectivity index (χ1v) is 6.92. The lowest BCUT2D eigenvalue weighted by molar-refractivity contribution is -0.147. The molecular weight excluding hydrogens is 278 g/mol. The highest BCUT2D eigenvalue weighted by Crippen LogP contribution is 2.32. The summed E-state index contributed by atoms with van der Waals surface area (Å²) in [5.41, 5.74) is 1.62. The van der Waals surface area contributed by atoms with Crippen LogP contribution in [0.15, 0.2) is 12.1 Å². The van der Waals surface area contributed by atoms with E-state index in [4.69, 9.17) is 11.6 Å². The number of carbonyl (C=O) groups excluding carboxylic acids is 1. The third-order valence-electron chi connectivity index (χ3n) is 4.09. The van der Waals surface area contributed by atoms with Crippen molar-refractivity contribution in [3.05, 3.63) is 33.8 Å². The summed E-state index contributed by atoms with van der Waals surface area (Å²) in [6, 6.07) is 3.55. The van der Waals surface area contributed by atoms with E-state index in [-0.39, 0.29) is 12.5 Å². The van der Waals surface area contributed by atoms with Crippen molar-refractivity contribution in [2.75, 3.05) is 13.1 Å². The number of carbonyl (C=O) groups is 2. The van der Waals surface area contributed by atoms with E-state index in [0.717, 1.165) is 11.1 Å². The summed E-state index contributed by atoms with van der Waals surface area (Å²) in [7, 11) is 0. The fourth-order valence-electron chi connectivity index (χ4n) is 2.42. The van der Waals surface area contributed by atoms with Crippen LogP contribution in [0.2, 0.25) is 5.02 Å². The Kier molecular flexibility index (Phi) is 3.78. The summed E-state index contributed by atoms with van der Waals surface area (Å²) in [6.07, 6.45) is 0.469. The van der Waals surface area contributed by atoms with Gasteiger partial charge in [0.25, 0.3) is 5.91 Å². The van der Waals surface area contributed by atoms with Crippen LogP contribution >= 0.6 is 11.6 Å². The first-order valence-electron chi connectivity index (χ1n) is 6.54. The van der Waals surface area contributed by atoms with Gasteiger partial charge in [0.05, 0.1) is 16.0 Å². The molecule has 1 aliphatic rings. The number of hydrogen-bond acceptors (Lipinski definition) is 2. The molecule has 0 spiro atoms. The van der Waals surface area contributed by atoms with Gasteiger partial charge in [-0.15, -0.1) is 0 Å². The summed E-state index contributed by atoms with van der Waals surface area (Å²) in [5.74, 6) is -1.05. The summed E-state index contributed by atoms with van der Waals surface area (Å²) in [6.45, 7) is 6.21. The van der Waals surface area contributed by atoms with E-state index in [2.05, 4.69) is 0 Å². The van der Waals surface area contributed by atoms with Crippen LogP contribution < -0.4 is 0 Å². The number of likely N-dealkylation sites (tertiary alicyclic amines) is 1. The average molecular weight is 296 g/mol. The van der Waals surface area contributed by atoms with Gasteiger partial charge < -0.3 is 10.0 Å². The minimum atomic E-state index is -0.862. The second-order valence-electron chi connectivity index (χ2n) is 5.76. The molecule has 108 valence electrons. The Morgan fingerprint density at radius 2 is 1.90 bits per heavy atom. The van der Waals surface area contributed by atoms with Gasteiger partial charge >= 0.3 is 5.97 Å². The molecule has 2 rings (SSSR count). The van der Waals surface area contributed by atoms with E-state index in [1.165, 1.54) is 0 Å². The van der Waals surface area contributed by atoms with Gasteiger partial charge in [0, 0.05) is 13.1 Å². The third-order valence-corrected chi connectivity index (χ3v) is 4.40.